The molecule has 1 spiro atoms. The predicted octanol–water partition coefficient (Wildman–Crippen LogP) is 2.32. The van der Waals surface area contributed by atoms with Gasteiger partial charge in [0, 0.05) is 47.7 Å². The Hall–Kier alpha value is -4.19. The van der Waals surface area contributed by atoms with Gasteiger partial charge in [0.25, 0.3) is 10.0 Å². The third-order valence-corrected chi connectivity index (χ3v) is 9.54. The van der Waals surface area contributed by atoms with Crippen LogP contribution in [0.15, 0.2) is 78.1 Å². The van der Waals surface area contributed by atoms with Gasteiger partial charge in [-0.05, 0) is 49.0 Å². The molecule has 1 saturated carbocycles. The average molecular weight is 569 g/mol. The zero-order chi connectivity index (χ0) is 28.6. The standard InChI is InChI=1S/C30H28N6O4S/c1-32-30(12-13-30)28(38)35-17-29(18-35)22-8-4-5-9-24(22)36(27(29)37)16-23-26(21-7-3-2-6-19(21)14-33-23)20-10-11-25(34-15-20)41(31,39)40/h2-11,14-15,32H,12-13,16-18H2,1H3,(H2,31,39,40). The fourth-order valence-corrected chi connectivity index (χ4v) is 6.76. The number of amides is 2. The number of aromatic nitrogens is 2. The Bertz CT molecular complexity index is 1850. The van der Waals surface area contributed by atoms with Crippen molar-refractivity contribution in [1.29, 1.82) is 0 Å². The van der Waals surface area contributed by atoms with E-state index in [1.807, 2.05) is 55.6 Å². The predicted molar refractivity (Wildman–Crippen MR) is 153 cm³/mol. The molecule has 3 aliphatic rings. The van der Waals surface area contributed by atoms with Gasteiger partial charge in [-0.1, -0.05) is 42.5 Å². The molecule has 1 aliphatic carbocycles. The molecule has 0 bridgehead atoms. The Labute approximate surface area is 237 Å². The van der Waals surface area contributed by atoms with Crippen LogP contribution >= 0.6 is 0 Å². The number of hydrogen-bond donors (Lipinski definition) is 2. The molecule has 0 radical (unpaired) electrons. The van der Waals surface area contributed by atoms with Gasteiger partial charge in [-0.2, -0.15) is 0 Å². The molecular formula is C30H28N6O4S. The monoisotopic (exact) mass is 568 g/mol. The van der Waals surface area contributed by atoms with Crippen molar-refractivity contribution >= 4 is 38.3 Å². The van der Waals surface area contributed by atoms with Crippen molar-refractivity contribution in [3.05, 3.63) is 84.3 Å². The van der Waals surface area contributed by atoms with E-state index in [4.69, 9.17) is 10.1 Å². The SMILES string of the molecule is CNC1(C(=O)N2CC3(C2)C(=O)N(Cc2ncc4ccccc4c2-c2ccc(S(N)(=O)=O)nc2)c2ccccc23)CC1. The van der Waals surface area contributed by atoms with E-state index in [9.17, 15) is 18.0 Å². The van der Waals surface area contributed by atoms with E-state index in [-0.39, 0.29) is 23.4 Å². The van der Waals surface area contributed by atoms with Crippen molar-refractivity contribution in [2.75, 3.05) is 25.0 Å². The van der Waals surface area contributed by atoms with Crippen molar-refractivity contribution in [1.82, 2.24) is 20.2 Å². The quantitative estimate of drug-likeness (QED) is 0.364. The van der Waals surface area contributed by atoms with Crippen LogP contribution in [-0.4, -0.2) is 60.8 Å². The van der Waals surface area contributed by atoms with Gasteiger partial charge >= 0.3 is 0 Å². The van der Waals surface area contributed by atoms with Gasteiger partial charge in [0.15, 0.2) is 5.03 Å². The number of rotatable bonds is 6. The molecule has 0 atom stereocenters. The van der Waals surface area contributed by atoms with Crippen LogP contribution in [0, 0.1) is 0 Å². The maximum atomic E-state index is 14.2. The van der Waals surface area contributed by atoms with E-state index in [0.717, 1.165) is 40.4 Å². The fourth-order valence-electron chi connectivity index (χ4n) is 6.30. The third kappa shape index (κ3) is 3.87. The lowest BCUT2D eigenvalue weighted by atomic mass is 9.74. The molecule has 2 amide bonds. The maximum absolute atomic E-state index is 14.2. The second-order valence-corrected chi connectivity index (χ2v) is 12.6. The first-order valence-electron chi connectivity index (χ1n) is 13.4. The number of para-hydroxylation sites is 1. The summed E-state index contributed by atoms with van der Waals surface area (Å²) >= 11 is 0. The van der Waals surface area contributed by atoms with E-state index < -0.39 is 21.0 Å². The highest BCUT2D eigenvalue weighted by molar-refractivity contribution is 7.89. The number of nitrogens with one attached hydrogen (secondary N) is 1. The molecule has 3 N–H and O–H groups in total. The van der Waals surface area contributed by atoms with Gasteiger partial charge in [-0.3, -0.25) is 14.6 Å². The Kier molecular flexibility index (Phi) is 5.59. The zero-order valence-corrected chi connectivity index (χ0v) is 23.2. The molecule has 2 aromatic heterocycles. The first kappa shape index (κ1) is 25.8. The Morgan fingerprint density at radius 3 is 2.41 bits per heavy atom. The molecule has 1 saturated heterocycles. The molecule has 0 unspecified atom stereocenters. The van der Waals surface area contributed by atoms with Gasteiger partial charge in [-0.15, -0.1) is 0 Å². The number of primary sulfonamides is 1. The lowest BCUT2D eigenvalue weighted by Gasteiger charge is -2.48. The highest BCUT2D eigenvalue weighted by atomic mass is 32.2. The van der Waals surface area contributed by atoms with Gasteiger partial charge < -0.3 is 15.1 Å². The van der Waals surface area contributed by atoms with E-state index >= 15 is 0 Å². The lowest BCUT2D eigenvalue weighted by Crippen LogP contribution is -2.67. The summed E-state index contributed by atoms with van der Waals surface area (Å²) in [6.45, 7) is 0.889. The number of hydrogen-bond acceptors (Lipinski definition) is 7. The molecule has 11 heteroatoms. The van der Waals surface area contributed by atoms with Crippen molar-refractivity contribution in [3.8, 4) is 11.1 Å². The van der Waals surface area contributed by atoms with Crippen LogP contribution in [0.5, 0.6) is 0 Å². The number of sulfonamides is 1. The number of nitrogens with zero attached hydrogens (tertiary/aromatic N) is 4. The number of likely N-dealkylation sites (tertiary alicyclic amines) is 1. The summed E-state index contributed by atoms with van der Waals surface area (Å²) in [4.78, 5) is 39.8. The third-order valence-electron chi connectivity index (χ3n) is 8.71. The number of carbonyl (C=O) groups excluding carboxylic acids is 2. The summed E-state index contributed by atoms with van der Waals surface area (Å²) in [6.07, 6.45) is 4.87. The van der Waals surface area contributed by atoms with Gasteiger partial charge in [-0.25, -0.2) is 18.5 Å². The van der Waals surface area contributed by atoms with Gasteiger partial charge in [0.1, 0.15) is 5.41 Å². The van der Waals surface area contributed by atoms with Gasteiger partial charge in [0.2, 0.25) is 11.8 Å². The number of fused-ring (bicyclic) bond motifs is 3. The normalized spacial score (nSPS) is 18.4. The van der Waals surface area contributed by atoms with Crippen LogP contribution < -0.4 is 15.4 Å². The summed E-state index contributed by atoms with van der Waals surface area (Å²) in [6, 6.07) is 18.5. The van der Waals surface area contributed by atoms with Crippen LogP contribution in [0.4, 0.5) is 5.69 Å². The molecule has 10 nitrogen and oxygen atoms in total. The number of carbonyl (C=O) groups is 2. The molecule has 4 aromatic rings. The van der Waals surface area contributed by atoms with E-state index in [0.29, 0.717) is 24.3 Å². The first-order chi connectivity index (χ1) is 19.7. The minimum atomic E-state index is -3.95. The molecule has 7 rings (SSSR count). The highest BCUT2D eigenvalue weighted by Gasteiger charge is 2.62. The van der Waals surface area contributed by atoms with Crippen LogP contribution in [0.1, 0.15) is 24.1 Å². The van der Waals surface area contributed by atoms with Crippen molar-refractivity contribution in [3.63, 3.8) is 0 Å². The zero-order valence-electron chi connectivity index (χ0n) is 22.4. The Morgan fingerprint density at radius 2 is 1.73 bits per heavy atom. The molecule has 208 valence electrons. The summed E-state index contributed by atoms with van der Waals surface area (Å²) < 4.78 is 23.6. The first-order valence-corrected chi connectivity index (χ1v) is 15.0. The fraction of sp³-hybridized carbons (Fsp3) is 0.267. The maximum Gasteiger partial charge on any atom is 0.255 e. The average Bonchev–Trinajstić information content (AvgIpc) is 3.72. The van der Waals surface area contributed by atoms with Crippen molar-refractivity contribution < 1.29 is 18.0 Å². The summed E-state index contributed by atoms with van der Waals surface area (Å²) in [5.41, 5.74) is 2.53. The molecule has 2 aliphatic heterocycles. The van der Waals surface area contributed by atoms with E-state index in [1.54, 1.807) is 22.1 Å². The van der Waals surface area contributed by atoms with Crippen LogP contribution in [0.25, 0.3) is 21.9 Å². The molecule has 2 fully saturated rings. The Balaban J connectivity index is 1.27. The Morgan fingerprint density at radius 1 is 1.00 bits per heavy atom. The smallest absolute Gasteiger partial charge is 0.255 e. The second kappa shape index (κ2) is 8.90. The van der Waals surface area contributed by atoms with Crippen LogP contribution in [0.3, 0.4) is 0 Å². The molecule has 4 heterocycles. The minimum absolute atomic E-state index is 0.0549. The highest BCUT2D eigenvalue weighted by Crippen LogP contribution is 2.50. The number of pyridine rings is 2. The van der Waals surface area contributed by atoms with Crippen LogP contribution in [0.2, 0.25) is 0 Å². The molecular weight excluding hydrogens is 540 g/mol. The van der Waals surface area contributed by atoms with Crippen LogP contribution in [-0.2, 0) is 31.6 Å². The lowest BCUT2D eigenvalue weighted by molar-refractivity contribution is -0.146. The number of nitrogens with two attached hydrogens (primary N) is 1. The largest absolute Gasteiger partial charge is 0.338 e. The second-order valence-electron chi connectivity index (χ2n) is 11.1. The van der Waals surface area contributed by atoms with E-state index in [2.05, 4.69) is 10.3 Å². The molecule has 41 heavy (non-hydrogen) atoms. The summed E-state index contributed by atoms with van der Waals surface area (Å²) in [5, 5.41) is 10.0. The number of benzene rings is 2. The van der Waals surface area contributed by atoms with Gasteiger partial charge in [0.05, 0.1) is 17.8 Å². The summed E-state index contributed by atoms with van der Waals surface area (Å²) in [5.74, 6) is 0.00365. The minimum Gasteiger partial charge on any atom is -0.338 e. The van der Waals surface area contributed by atoms with Crippen molar-refractivity contribution in [2.24, 2.45) is 5.14 Å². The topological polar surface area (TPSA) is 139 Å². The molecule has 2 aromatic carbocycles. The number of anilines is 1. The summed E-state index contributed by atoms with van der Waals surface area (Å²) in [7, 11) is -2.14. The van der Waals surface area contributed by atoms with E-state index in [1.165, 1.54) is 12.3 Å². The number of likely N-dealkylation sites (N-methyl/N-ethyl adjacent to an activating group) is 1. The van der Waals surface area contributed by atoms with Crippen molar-refractivity contribution in [2.45, 2.75) is 35.4 Å².